The van der Waals surface area contributed by atoms with Gasteiger partial charge in [-0.05, 0) is 48.2 Å². The molecule has 1 nitrogen and oxygen atoms in total. The van der Waals surface area contributed by atoms with Crippen molar-refractivity contribution >= 4 is 31.7 Å². The highest BCUT2D eigenvalue weighted by atomic mass is 32.2. The number of hydrogen-bond donors (Lipinski definition) is 0. The van der Waals surface area contributed by atoms with E-state index in [4.69, 9.17) is 0 Å². The molecule has 1 atom stereocenters. The van der Waals surface area contributed by atoms with Crippen LogP contribution in [0.3, 0.4) is 0 Å². The van der Waals surface area contributed by atoms with Crippen LogP contribution in [-0.2, 0) is 6.42 Å². The SMILES string of the molecule is CCCc1ccc(N2C(=P)CSC2c2ccc(F)cc2)c(C)c1. The fraction of sp³-hybridized carbons (Fsp3) is 0.316. The van der Waals surface area contributed by atoms with Crippen LogP contribution in [0, 0.1) is 12.7 Å². The maximum Gasteiger partial charge on any atom is 0.123 e. The van der Waals surface area contributed by atoms with Gasteiger partial charge >= 0.3 is 0 Å². The van der Waals surface area contributed by atoms with Gasteiger partial charge in [0.2, 0.25) is 0 Å². The number of aryl methyl sites for hydroxylation is 2. The summed E-state index contributed by atoms with van der Waals surface area (Å²) in [6.45, 7) is 4.37. The summed E-state index contributed by atoms with van der Waals surface area (Å²) in [5.41, 5.74) is 6.17. The lowest BCUT2D eigenvalue weighted by atomic mass is 10.0. The molecule has 2 aromatic rings. The molecule has 1 fully saturated rings. The lowest BCUT2D eigenvalue weighted by Gasteiger charge is -2.28. The van der Waals surface area contributed by atoms with E-state index >= 15 is 0 Å². The normalized spacial score (nSPS) is 17.8. The monoisotopic (exact) mass is 345 g/mol. The van der Waals surface area contributed by atoms with Gasteiger partial charge in [0.05, 0.1) is 0 Å². The highest BCUT2D eigenvalue weighted by molar-refractivity contribution is 8.01. The minimum Gasteiger partial charge on any atom is -0.324 e. The number of hydrogen-bond acceptors (Lipinski definition) is 1. The van der Waals surface area contributed by atoms with Crippen LogP contribution in [0.4, 0.5) is 10.1 Å². The van der Waals surface area contributed by atoms with Crippen LogP contribution in [-0.4, -0.2) is 11.2 Å². The summed E-state index contributed by atoms with van der Waals surface area (Å²) in [4.78, 5) is 2.32. The molecule has 3 rings (SSSR count). The summed E-state index contributed by atoms with van der Waals surface area (Å²) in [5.74, 6) is 0.737. The Morgan fingerprint density at radius 1 is 1.22 bits per heavy atom. The third kappa shape index (κ3) is 3.46. The predicted molar refractivity (Wildman–Crippen MR) is 103 cm³/mol. The molecule has 0 N–H and O–H groups in total. The molecule has 0 bridgehead atoms. The van der Waals surface area contributed by atoms with Gasteiger partial charge in [-0.15, -0.1) is 11.8 Å². The first-order chi connectivity index (χ1) is 11.1. The van der Waals surface area contributed by atoms with Crippen molar-refractivity contribution in [1.82, 2.24) is 0 Å². The molecule has 1 aliphatic heterocycles. The summed E-state index contributed by atoms with van der Waals surface area (Å²) in [6, 6.07) is 13.5. The molecule has 1 unspecified atom stereocenters. The predicted octanol–water partition coefficient (Wildman–Crippen LogP) is 5.61. The van der Waals surface area contributed by atoms with E-state index in [1.165, 1.54) is 28.9 Å². The van der Waals surface area contributed by atoms with E-state index in [1.54, 1.807) is 0 Å². The van der Waals surface area contributed by atoms with Crippen LogP contribution in [0.1, 0.15) is 35.4 Å². The third-order valence-corrected chi connectivity index (χ3v) is 6.03. The molecule has 0 radical (unpaired) electrons. The van der Waals surface area contributed by atoms with Crippen molar-refractivity contribution in [2.24, 2.45) is 0 Å². The average Bonchev–Trinajstić information content (AvgIpc) is 2.90. The van der Waals surface area contributed by atoms with E-state index in [9.17, 15) is 4.39 Å². The highest BCUT2D eigenvalue weighted by Crippen LogP contribution is 2.43. The van der Waals surface area contributed by atoms with Gasteiger partial charge in [-0.1, -0.05) is 46.5 Å². The van der Waals surface area contributed by atoms with Gasteiger partial charge in [0.15, 0.2) is 0 Å². The maximum absolute atomic E-state index is 13.2. The minimum atomic E-state index is -0.189. The fourth-order valence-corrected chi connectivity index (χ4v) is 4.81. The largest absolute Gasteiger partial charge is 0.324 e. The Morgan fingerprint density at radius 3 is 2.61 bits per heavy atom. The molecule has 120 valence electrons. The Kier molecular flexibility index (Phi) is 5.08. The van der Waals surface area contributed by atoms with Crippen LogP contribution < -0.4 is 4.90 Å². The van der Waals surface area contributed by atoms with Crippen molar-refractivity contribution < 1.29 is 4.39 Å². The van der Waals surface area contributed by atoms with Crippen molar-refractivity contribution in [2.45, 2.75) is 32.1 Å². The van der Waals surface area contributed by atoms with Crippen molar-refractivity contribution in [2.75, 3.05) is 10.7 Å². The number of thioether (sulfide) groups is 1. The molecule has 0 saturated carbocycles. The smallest absolute Gasteiger partial charge is 0.123 e. The van der Waals surface area contributed by atoms with Crippen LogP contribution in [0.25, 0.3) is 0 Å². The second-order valence-corrected chi connectivity index (χ2v) is 7.55. The summed E-state index contributed by atoms with van der Waals surface area (Å²) in [7, 11) is 3.78. The summed E-state index contributed by atoms with van der Waals surface area (Å²) in [6.07, 6.45) is 2.27. The Labute approximate surface area is 144 Å². The molecular weight excluding hydrogens is 324 g/mol. The van der Waals surface area contributed by atoms with Gasteiger partial charge in [-0.25, -0.2) is 4.39 Å². The molecule has 23 heavy (non-hydrogen) atoms. The van der Waals surface area contributed by atoms with Gasteiger partial charge in [0, 0.05) is 16.9 Å². The molecule has 4 heteroatoms. The minimum absolute atomic E-state index is 0.179. The topological polar surface area (TPSA) is 3.24 Å². The van der Waals surface area contributed by atoms with E-state index in [2.05, 4.69) is 45.8 Å². The standard InChI is InChI=1S/C19H21FNPS/c1-3-4-14-5-10-17(13(2)11-14)21-18(22)12-23-19(21)15-6-8-16(20)9-7-15/h5-11,19,22H,3-4,12H2,1-2H3. The van der Waals surface area contributed by atoms with Crippen molar-refractivity contribution in [3.05, 3.63) is 65.0 Å². The van der Waals surface area contributed by atoms with Crippen LogP contribution in [0.15, 0.2) is 42.5 Å². The highest BCUT2D eigenvalue weighted by Gasteiger charge is 2.31. The van der Waals surface area contributed by atoms with Crippen LogP contribution >= 0.6 is 20.6 Å². The second-order valence-electron chi connectivity index (χ2n) is 5.90. The first-order valence-electron chi connectivity index (χ1n) is 7.93. The van der Waals surface area contributed by atoms with E-state index in [0.29, 0.717) is 0 Å². The van der Waals surface area contributed by atoms with Gasteiger partial charge in [-0.2, -0.15) is 0 Å². The molecule has 1 saturated heterocycles. The summed E-state index contributed by atoms with van der Waals surface area (Å²) >= 11 is 1.85. The van der Waals surface area contributed by atoms with E-state index in [1.807, 2.05) is 23.9 Å². The molecule has 1 aliphatic rings. The average molecular weight is 345 g/mol. The first-order valence-corrected chi connectivity index (χ1v) is 9.48. The molecule has 1 heterocycles. The molecular formula is C19H21FNPS. The Morgan fingerprint density at radius 2 is 1.96 bits per heavy atom. The Bertz CT molecular complexity index is 714. The zero-order chi connectivity index (χ0) is 16.4. The number of rotatable bonds is 4. The number of nitrogens with zero attached hydrogens (tertiary/aromatic N) is 1. The van der Waals surface area contributed by atoms with Crippen molar-refractivity contribution in [1.29, 1.82) is 0 Å². The molecule has 0 amide bonds. The van der Waals surface area contributed by atoms with Gasteiger partial charge in [0.25, 0.3) is 0 Å². The molecule has 0 aromatic heterocycles. The van der Waals surface area contributed by atoms with Crippen LogP contribution in [0.5, 0.6) is 0 Å². The lowest BCUT2D eigenvalue weighted by Crippen LogP contribution is -2.27. The Balaban J connectivity index is 1.95. The van der Waals surface area contributed by atoms with Gasteiger partial charge < -0.3 is 4.90 Å². The van der Waals surface area contributed by atoms with Gasteiger partial charge in [-0.3, -0.25) is 0 Å². The number of anilines is 1. The molecule has 2 aromatic carbocycles. The van der Waals surface area contributed by atoms with Crippen LogP contribution in [0.2, 0.25) is 0 Å². The Hall–Kier alpha value is -1.31. The summed E-state index contributed by atoms with van der Waals surface area (Å²) < 4.78 is 13.2. The summed E-state index contributed by atoms with van der Waals surface area (Å²) in [5, 5.41) is 0.179. The maximum atomic E-state index is 13.2. The van der Waals surface area contributed by atoms with Crippen molar-refractivity contribution in [3.63, 3.8) is 0 Å². The van der Waals surface area contributed by atoms with E-state index in [-0.39, 0.29) is 11.2 Å². The zero-order valence-corrected chi connectivity index (χ0v) is 15.3. The first kappa shape index (κ1) is 16.5. The van der Waals surface area contributed by atoms with E-state index in [0.717, 1.165) is 29.6 Å². The van der Waals surface area contributed by atoms with Gasteiger partial charge in [0.1, 0.15) is 11.2 Å². The molecule has 0 aliphatic carbocycles. The zero-order valence-electron chi connectivity index (χ0n) is 13.5. The lowest BCUT2D eigenvalue weighted by molar-refractivity contribution is 0.627. The van der Waals surface area contributed by atoms with E-state index < -0.39 is 0 Å². The third-order valence-electron chi connectivity index (χ3n) is 4.12. The quantitative estimate of drug-likeness (QED) is 0.663. The number of halogens is 1. The number of benzene rings is 2. The molecule has 0 spiro atoms. The van der Waals surface area contributed by atoms with Crippen molar-refractivity contribution in [3.8, 4) is 0 Å². The fourth-order valence-electron chi connectivity index (χ4n) is 3.02. The second kappa shape index (κ2) is 7.07.